The van der Waals surface area contributed by atoms with Crippen LogP contribution in [0.4, 0.5) is 0 Å². The van der Waals surface area contributed by atoms with Gasteiger partial charge in [0.05, 0.1) is 5.37 Å². The number of hydrogen-bond acceptors (Lipinski definition) is 3. The van der Waals surface area contributed by atoms with Gasteiger partial charge < -0.3 is 5.11 Å². The van der Waals surface area contributed by atoms with Crippen molar-refractivity contribution in [2.75, 3.05) is 5.75 Å². The van der Waals surface area contributed by atoms with Gasteiger partial charge >= 0.3 is 5.97 Å². The number of aliphatic carboxylic acids is 1. The van der Waals surface area contributed by atoms with Gasteiger partial charge in [-0.25, -0.2) is 0 Å². The fourth-order valence-electron chi connectivity index (χ4n) is 1.42. The first-order valence-corrected chi connectivity index (χ1v) is 5.89. The minimum absolute atomic E-state index is 0.323. The highest BCUT2D eigenvalue weighted by Crippen LogP contribution is 2.23. The van der Waals surface area contributed by atoms with Gasteiger partial charge in [-0.15, -0.1) is 11.8 Å². The third kappa shape index (κ3) is 3.56. The van der Waals surface area contributed by atoms with Crippen molar-refractivity contribution in [3.63, 3.8) is 0 Å². The molecule has 3 nitrogen and oxygen atoms in total. The largest absolute Gasteiger partial charge is 0.480 e. The van der Waals surface area contributed by atoms with E-state index < -0.39 is 5.97 Å². The summed E-state index contributed by atoms with van der Waals surface area (Å²) in [5, 5.41) is 12.2. The van der Waals surface area contributed by atoms with E-state index in [2.05, 4.69) is 12.2 Å². The topological polar surface area (TPSA) is 49.3 Å². The number of hydrogen-bond donors (Lipinski definition) is 2. The van der Waals surface area contributed by atoms with E-state index in [1.54, 1.807) is 11.8 Å². The molecular formula is C9H17NO2S. The van der Waals surface area contributed by atoms with Crippen molar-refractivity contribution in [3.05, 3.63) is 0 Å². The van der Waals surface area contributed by atoms with Gasteiger partial charge in [-0.3, -0.25) is 10.1 Å². The second kappa shape index (κ2) is 5.50. The number of carboxylic acid groups (broad SMARTS) is 1. The van der Waals surface area contributed by atoms with E-state index in [0.717, 1.165) is 6.42 Å². The number of carbonyl (C=O) groups is 1. The highest BCUT2D eigenvalue weighted by molar-refractivity contribution is 8.00. The Labute approximate surface area is 83.3 Å². The van der Waals surface area contributed by atoms with Crippen LogP contribution in [-0.2, 0) is 4.79 Å². The number of carboxylic acids is 1. The molecule has 1 saturated heterocycles. The molecule has 2 atom stereocenters. The Morgan fingerprint density at radius 2 is 2.38 bits per heavy atom. The summed E-state index contributed by atoms with van der Waals surface area (Å²) in [4.78, 5) is 10.6. The zero-order valence-corrected chi connectivity index (χ0v) is 8.77. The summed E-state index contributed by atoms with van der Waals surface area (Å²) in [6, 6.07) is -0.323. The van der Waals surface area contributed by atoms with Crippen molar-refractivity contribution >= 4 is 17.7 Å². The van der Waals surface area contributed by atoms with Crippen LogP contribution in [-0.4, -0.2) is 28.2 Å². The predicted molar refractivity (Wildman–Crippen MR) is 54.9 cm³/mol. The van der Waals surface area contributed by atoms with Crippen LogP contribution in [0.25, 0.3) is 0 Å². The first-order valence-electron chi connectivity index (χ1n) is 4.84. The monoisotopic (exact) mass is 203 g/mol. The molecule has 0 bridgehead atoms. The lowest BCUT2D eigenvalue weighted by Crippen LogP contribution is -2.36. The summed E-state index contributed by atoms with van der Waals surface area (Å²) < 4.78 is 0. The van der Waals surface area contributed by atoms with Crippen molar-refractivity contribution in [2.45, 2.75) is 44.0 Å². The normalized spacial score (nSPS) is 27.8. The molecule has 76 valence electrons. The molecule has 0 aliphatic carbocycles. The molecular weight excluding hydrogens is 186 g/mol. The smallest absolute Gasteiger partial charge is 0.321 e. The van der Waals surface area contributed by atoms with Gasteiger partial charge in [-0.05, 0) is 6.42 Å². The van der Waals surface area contributed by atoms with Crippen LogP contribution in [0.15, 0.2) is 0 Å². The maximum absolute atomic E-state index is 10.6. The predicted octanol–water partition coefficient (Wildman–Crippen LogP) is 1.68. The minimum atomic E-state index is -0.717. The summed E-state index contributed by atoms with van der Waals surface area (Å²) in [7, 11) is 0. The zero-order valence-electron chi connectivity index (χ0n) is 7.95. The van der Waals surface area contributed by atoms with E-state index in [1.165, 1.54) is 19.3 Å². The number of rotatable bonds is 5. The van der Waals surface area contributed by atoms with Crippen LogP contribution < -0.4 is 5.32 Å². The molecule has 4 heteroatoms. The Hall–Kier alpha value is -0.220. The zero-order chi connectivity index (χ0) is 9.68. The third-order valence-corrected chi connectivity index (χ3v) is 3.52. The average molecular weight is 203 g/mol. The summed E-state index contributed by atoms with van der Waals surface area (Å²) in [6.45, 7) is 2.18. The van der Waals surface area contributed by atoms with Gasteiger partial charge in [0.2, 0.25) is 0 Å². The molecule has 1 heterocycles. The van der Waals surface area contributed by atoms with Crippen molar-refractivity contribution in [2.24, 2.45) is 0 Å². The lowest BCUT2D eigenvalue weighted by atomic mass is 10.2. The fourth-order valence-corrected chi connectivity index (χ4v) is 2.68. The average Bonchev–Trinajstić information content (AvgIpc) is 2.53. The maximum atomic E-state index is 10.6. The quantitative estimate of drug-likeness (QED) is 0.667. The van der Waals surface area contributed by atoms with Crippen molar-refractivity contribution < 1.29 is 9.90 Å². The van der Waals surface area contributed by atoms with Gasteiger partial charge in [-0.1, -0.05) is 26.2 Å². The van der Waals surface area contributed by atoms with Crippen molar-refractivity contribution in [3.8, 4) is 0 Å². The summed E-state index contributed by atoms with van der Waals surface area (Å²) in [5.74, 6) is -0.00273. The highest BCUT2D eigenvalue weighted by Gasteiger charge is 2.28. The molecule has 1 aliphatic rings. The number of thioether (sulfide) groups is 1. The Morgan fingerprint density at radius 1 is 1.62 bits per heavy atom. The molecule has 0 aromatic rings. The van der Waals surface area contributed by atoms with Gasteiger partial charge in [0, 0.05) is 5.75 Å². The van der Waals surface area contributed by atoms with Crippen LogP contribution in [0.1, 0.15) is 32.6 Å². The van der Waals surface area contributed by atoms with E-state index in [0.29, 0.717) is 11.1 Å². The second-order valence-electron chi connectivity index (χ2n) is 3.38. The van der Waals surface area contributed by atoms with Crippen LogP contribution in [0.2, 0.25) is 0 Å². The van der Waals surface area contributed by atoms with Gasteiger partial charge in [0.1, 0.15) is 6.04 Å². The Kier molecular flexibility index (Phi) is 4.59. The van der Waals surface area contributed by atoms with Crippen LogP contribution in [0.3, 0.4) is 0 Å². The molecule has 0 radical (unpaired) electrons. The SMILES string of the molecule is CCCCC[C@H]1N[C@H](C(=O)O)CS1. The Balaban J connectivity index is 2.14. The van der Waals surface area contributed by atoms with Crippen LogP contribution in [0, 0.1) is 0 Å². The standard InChI is InChI=1S/C9H17NO2S/c1-2-3-4-5-8-10-7(6-13-8)9(11)12/h7-8,10H,2-6H2,1H3,(H,11,12)/t7-,8-/m0/s1. The molecule has 0 saturated carbocycles. The summed E-state index contributed by atoms with van der Waals surface area (Å²) >= 11 is 1.74. The summed E-state index contributed by atoms with van der Waals surface area (Å²) in [5.41, 5.74) is 0. The Bertz CT molecular complexity index is 175. The van der Waals surface area contributed by atoms with Gasteiger partial charge in [0.25, 0.3) is 0 Å². The number of unbranched alkanes of at least 4 members (excludes halogenated alkanes) is 2. The molecule has 13 heavy (non-hydrogen) atoms. The first kappa shape index (κ1) is 10.9. The molecule has 1 aliphatic heterocycles. The van der Waals surface area contributed by atoms with Gasteiger partial charge in [0.15, 0.2) is 0 Å². The minimum Gasteiger partial charge on any atom is -0.480 e. The van der Waals surface area contributed by atoms with E-state index in [4.69, 9.17) is 5.11 Å². The molecule has 0 unspecified atom stereocenters. The number of nitrogens with one attached hydrogen (secondary N) is 1. The molecule has 2 N–H and O–H groups in total. The highest BCUT2D eigenvalue weighted by atomic mass is 32.2. The van der Waals surface area contributed by atoms with Crippen LogP contribution in [0.5, 0.6) is 0 Å². The molecule has 1 fully saturated rings. The molecule has 0 spiro atoms. The van der Waals surface area contributed by atoms with Crippen LogP contribution >= 0.6 is 11.8 Å². The van der Waals surface area contributed by atoms with E-state index in [9.17, 15) is 4.79 Å². The fraction of sp³-hybridized carbons (Fsp3) is 0.889. The first-order chi connectivity index (χ1) is 6.24. The maximum Gasteiger partial charge on any atom is 0.321 e. The van der Waals surface area contributed by atoms with E-state index in [1.807, 2.05) is 0 Å². The lowest BCUT2D eigenvalue weighted by Gasteiger charge is -2.09. The van der Waals surface area contributed by atoms with E-state index in [-0.39, 0.29) is 6.04 Å². The Morgan fingerprint density at radius 3 is 2.92 bits per heavy atom. The molecule has 1 rings (SSSR count). The molecule has 0 aromatic carbocycles. The second-order valence-corrected chi connectivity index (χ2v) is 4.61. The van der Waals surface area contributed by atoms with Crippen molar-refractivity contribution in [1.29, 1.82) is 0 Å². The molecule has 0 amide bonds. The lowest BCUT2D eigenvalue weighted by molar-refractivity contribution is -0.138. The van der Waals surface area contributed by atoms with Gasteiger partial charge in [-0.2, -0.15) is 0 Å². The third-order valence-electron chi connectivity index (χ3n) is 2.22. The van der Waals surface area contributed by atoms with E-state index >= 15 is 0 Å². The van der Waals surface area contributed by atoms with Crippen molar-refractivity contribution in [1.82, 2.24) is 5.32 Å². The summed E-state index contributed by atoms with van der Waals surface area (Å²) in [6.07, 6.45) is 4.77. The molecule has 0 aromatic heterocycles.